The van der Waals surface area contributed by atoms with Crippen LogP contribution in [0.3, 0.4) is 0 Å². The molecule has 0 bridgehead atoms. The first-order valence-electron chi connectivity index (χ1n) is 4.61. The standard InChI is InChI=1S/C12H15F/c1-4-6-10-8-7-9(3)12(13)11(10)5-2/h4,6-8H,5H2,1-3H3/b6-4-. The van der Waals surface area contributed by atoms with Gasteiger partial charge in [-0.2, -0.15) is 0 Å². The summed E-state index contributed by atoms with van der Waals surface area (Å²) in [6.45, 7) is 5.72. The molecule has 0 radical (unpaired) electrons. The van der Waals surface area contributed by atoms with Crippen LogP contribution in [0.15, 0.2) is 18.2 Å². The normalized spacial score (nSPS) is 11.1. The molecule has 1 heteroatoms. The molecule has 13 heavy (non-hydrogen) atoms. The zero-order valence-corrected chi connectivity index (χ0v) is 8.39. The topological polar surface area (TPSA) is 0 Å². The Labute approximate surface area is 79.1 Å². The van der Waals surface area contributed by atoms with Crippen LogP contribution in [-0.4, -0.2) is 0 Å². The second-order valence-corrected chi connectivity index (χ2v) is 3.12. The predicted molar refractivity (Wildman–Crippen MR) is 55.2 cm³/mol. The molecule has 0 aliphatic carbocycles. The van der Waals surface area contributed by atoms with Gasteiger partial charge < -0.3 is 0 Å². The molecule has 0 amide bonds. The lowest BCUT2D eigenvalue weighted by Crippen LogP contribution is -1.95. The fourth-order valence-corrected chi connectivity index (χ4v) is 1.45. The van der Waals surface area contributed by atoms with Crippen molar-refractivity contribution in [3.8, 4) is 0 Å². The van der Waals surface area contributed by atoms with E-state index in [-0.39, 0.29) is 5.82 Å². The van der Waals surface area contributed by atoms with E-state index in [0.29, 0.717) is 0 Å². The van der Waals surface area contributed by atoms with Gasteiger partial charge >= 0.3 is 0 Å². The molecule has 70 valence electrons. The summed E-state index contributed by atoms with van der Waals surface area (Å²) in [4.78, 5) is 0. The fraction of sp³-hybridized carbons (Fsp3) is 0.333. The van der Waals surface area contributed by atoms with E-state index >= 15 is 0 Å². The highest BCUT2D eigenvalue weighted by atomic mass is 19.1. The zero-order valence-electron chi connectivity index (χ0n) is 8.39. The van der Waals surface area contributed by atoms with E-state index in [9.17, 15) is 4.39 Å². The van der Waals surface area contributed by atoms with Crippen molar-refractivity contribution in [3.05, 3.63) is 40.7 Å². The first-order valence-corrected chi connectivity index (χ1v) is 4.61. The summed E-state index contributed by atoms with van der Waals surface area (Å²) in [5.74, 6) is -0.0573. The molecule has 0 heterocycles. The second-order valence-electron chi connectivity index (χ2n) is 3.12. The van der Waals surface area contributed by atoms with E-state index in [2.05, 4.69) is 0 Å². The number of hydrogen-bond donors (Lipinski definition) is 0. The quantitative estimate of drug-likeness (QED) is 0.647. The van der Waals surface area contributed by atoms with E-state index in [0.717, 1.165) is 23.1 Å². The lowest BCUT2D eigenvalue weighted by molar-refractivity contribution is 0.602. The van der Waals surface area contributed by atoms with Crippen molar-refractivity contribution in [2.24, 2.45) is 0 Å². The van der Waals surface area contributed by atoms with Gasteiger partial charge in [0.05, 0.1) is 0 Å². The molecular formula is C12H15F. The highest BCUT2D eigenvalue weighted by molar-refractivity contribution is 5.54. The SMILES string of the molecule is C/C=C\c1ccc(C)c(F)c1CC. The Morgan fingerprint density at radius 2 is 2.08 bits per heavy atom. The van der Waals surface area contributed by atoms with Gasteiger partial charge in [-0.1, -0.05) is 31.2 Å². The Bertz CT molecular complexity index is 324. The van der Waals surface area contributed by atoms with Crippen LogP contribution in [0, 0.1) is 12.7 Å². The first kappa shape index (κ1) is 9.97. The molecule has 0 unspecified atom stereocenters. The largest absolute Gasteiger partial charge is 0.206 e. The van der Waals surface area contributed by atoms with E-state index in [1.54, 1.807) is 6.92 Å². The third kappa shape index (κ3) is 1.97. The fourth-order valence-electron chi connectivity index (χ4n) is 1.45. The summed E-state index contributed by atoms with van der Waals surface area (Å²) in [5, 5.41) is 0. The molecule has 0 N–H and O–H groups in total. The average Bonchev–Trinajstić information content (AvgIpc) is 2.12. The Balaban J connectivity index is 3.29. The van der Waals surface area contributed by atoms with E-state index in [1.807, 2.05) is 38.1 Å². The Hall–Kier alpha value is -1.11. The van der Waals surface area contributed by atoms with Crippen molar-refractivity contribution < 1.29 is 4.39 Å². The minimum atomic E-state index is -0.0573. The van der Waals surface area contributed by atoms with Gasteiger partial charge in [-0.05, 0) is 37.0 Å². The molecular weight excluding hydrogens is 163 g/mol. The predicted octanol–water partition coefficient (Wildman–Crippen LogP) is 3.73. The number of halogens is 1. The van der Waals surface area contributed by atoms with Crippen molar-refractivity contribution in [1.82, 2.24) is 0 Å². The van der Waals surface area contributed by atoms with Crippen LogP contribution in [0.25, 0.3) is 6.08 Å². The minimum absolute atomic E-state index is 0.0573. The van der Waals surface area contributed by atoms with Crippen LogP contribution < -0.4 is 0 Å². The molecule has 1 rings (SSSR count). The van der Waals surface area contributed by atoms with E-state index in [1.165, 1.54) is 0 Å². The van der Waals surface area contributed by atoms with Gasteiger partial charge in [0.25, 0.3) is 0 Å². The highest BCUT2D eigenvalue weighted by Gasteiger charge is 2.06. The van der Waals surface area contributed by atoms with Gasteiger partial charge in [-0.15, -0.1) is 0 Å². The molecule has 1 aromatic rings. The second kappa shape index (κ2) is 4.22. The van der Waals surface area contributed by atoms with Crippen molar-refractivity contribution in [1.29, 1.82) is 0 Å². The Morgan fingerprint density at radius 3 is 2.62 bits per heavy atom. The first-order chi connectivity index (χ1) is 6.20. The maximum Gasteiger partial charge on any atom is 0.129 e. The van der Waals surface area contributed by atoms with Crippen LogP contribution >= 0.6 is 0 Å². The molecule has 1 aromatic carbocycles. The highest BCUT2D eigenvalue weighted by Crippen LogP contribution is 2.19. The number of benzene rings is 1. The van der Waals surface area contributed by atoms with Gasteiger partial charge in [0.1, 0.15) is 5.82 Å². The maximum atomic E-state index is 13.6. The monoisotopic (exact) mass is 178 g/mol. The van der Waals surface area contributed by atoms with Gasteiger partial charge in [0.15, 0.2) is 0 Å². The van der Waals surface area contributed by atoms with Gasteiger partial charge in [-0.25, -0.2) is 4.39 Å². The summed E-state index contributed by atoms with van der Waals surface area (Å²) in [6, 6.07) is 3.79. The van der Waals surface area contributed by atoms with Crippen molar-refractivity contribution in [2.45, 2.75) is 27.2 Å². The number of allylic oxidation sites excluding steroid dienone is 1. The number of aryl methyl sites for hydroxylation is 1. The van der Waals surface area contributed by atoms with Crippen LogP contribution in [-0.2, 0) is 6.42 Å². The van der Waals surface area contributed by atoms with Crippen LogP contribution in [0.1, 0.15) is 30.5 Å². The smallest absolute Gasteiger partial charge is 0.129 e. The van der Waals surface area contributed by atoms with Gasteiger partial charge in [0.2, 0.25) is 0 Å². The summed E-state index contributed by atoms with van der Waals surface area (Å²) in [7, 11) is 0. The van der Waals surface area contributed by atoms with Crippen LogP contribution in [0.4, 0.5) is 4.39 Å². The number of rotatable bonds is 2. The molecule has 0 nitrogen and oxygen atoms in total. The molecule has 0 saturated heterocycles. The van der Waals surface area contributed by atoms with Gasteiger partial charge in [-0.3, -0.25) is 0 Å². The van der Waals surface area contributed by atoms with Gasteiger partial charge in [0, 0.05) is 0 Å². The third-order valence-corrected chi connectivity index (χ3v) is 2.17. The summed E-state index contributed by atoms with van der Waals surface area (Å²) >= 11 is 0. The van der Waals surface area contributed by atoms with Crippen LogP contribution in [0.5, 0.6) is 0 Å². The Morgan fingerprint density at radius 1 is 1.38 bits per heavy atom. The molecule has 0 aliphatic rings. The van der Waals surface area contributed by atoms with E-state index in [4.69, 9.17) is 0 Å². The molecule has 0 aromatic heterocycles. The van der Waals surface area contributed by atoms with E-state index < -0.39 is 0 Å². The average molecular weight is 178 g/mol. The zero-order chi connectivity index (χ0) is 9.84. The maximum absolute atomic E-state index is 13.6. The summed E-state index contributed by atoms with van der Waals surface area (Å²) in [6.07, 6.45) is 4.62. The molecule has 0 aliphatic heterocycles. The summed E-state index contributed by atoms with van der Waals surface area (Å²) in [5.41, 5.74) is 2.54. The van der Waals surface area contributed by atoms with Crippen molar-refractivity contribution in [2.75, 3.05) is 0 Å². The molecule has 0 spiro atoms. The molecule has 0 atom stereocenters. The van der Waals surface area contributed by atoms with Crippen LogP contribution in [0.2, 0.25) is 0 Å². The summed E-state index contributed by atoms with van der Waals surface area (Å²) < 4.78 is 13.6. The lowest BCUT2D eigenvalue weighted by Gasteiger charge is -2.07. The Kier molecular flexibility index (Phi) is 3.24. The molecule has 0 fully saturated rings. The van der Waals surface area contributed by atoms with Crippen molar-refractivity contribution >= 4 is 6.08 Å². The number of hydrogen-bond acceptors (Lipinski definition) is 0. The molecule has 0 saturated carbocycles. The minimum Gasteiger partial charge on any atom is -0.206 e. The van der Waals surface area contributed by atoms with Crippen molar-refractivity contribution in [3.63, 3.8) is 0 Å². The third-order valence-electron chi connectivity index (χ3n) is 2.17. The lowest BCUT2D eigenvalue weighted by atomic mass is 10.0.